The number of fused-ring (bicyclic) bond motifs is 1. The minimum atomic E-state index is 0.0397. The van der Waals surface area contributed by atoms with Crippen molar-refractivity contribution in [1.29, 1.82) is 0 Å². The zero-order chi connectivity index (χ0) is 15.9. The van der Waals surface area contributed by atoms with E-state index in [0.717, 1.165) is 28.2 Å². The molecule has 0 saturated carbocycles. The van der Waals surface area contributed by atoms with Crippen LogP contribution in [-0.2, 0) is 12.0 Å². The molecule has 0 amide bonds. The van der Waals surface area contributed by atoms with E-state index in [1.807, 2.05) is 18.3 Å². The number of aliphatic hydroxyl groups excluding tert-OH is 1. The Morgan fingerprint density at radius 1 is 1.09 bits per heavy atom. The lowest BCUT2D eigenvalue weighted by molar-refractivity contribution is 0.282. The quantitative estimate of drug-likeness (QED) is 0.772. The second-order valence-electron chi connectivity index (χ2n) is 6.79. The average Bonchev–Trinajstić information content (AvgIpc) is 2.83. The fraction of sp³-hybridized carbons (Fsp3) is 0.316. The van der Waals surface area contributed by atoms with Gasteiger partial charge in [0.05, 0.1) is 12.3 Å². The zero-order valence-electron chi connectivity index (χ0n) is 13.6. The third-order valence-electron chi connectivity index (χ3n) is 4.14. The average molecular weight is 294 g/mol. The molecule has 0 radical (unpaired) electrons. The summed E-state index contributed by atoms with van der Waals surface area (Å²) < 4.78 is 2.06. The molecule has 0 aliphatic heterocycles. The number of aliphatic hydroxyl groups is 1. The molecule has 3 heteroatoms. The van der Waals surface area contributed by atoms with E-state index in [1.54, 1.807) is 0 Å². The van der Waals surface area contributed by atoms with Crippen LogP contribution in [0.5, 0.6) is 0 Å². The van der Waals surface area contributed by atoms with Crippen molar-refractivity contribution in [2.24, 2.45) is 0 Å². The van der Waals surface area contributed by atoms with Crippen LogP contribution in [0.2, 0.25) is 0 Å². The summed E-state index contributed by atoms with van der Waals surface area (Å²) in [5.74, 6) is 0. The molecule has 3 rings (SSSR count). The van der Waals surface area contributed by atoms with Gasteiger partial charge in [-0.1, -0.05) is 45.0 Å². The van der Waals surface area contributed by atoms with E-state index in [4.69, 9.17) is 4.98 Å². The van der Waals surface area contributed by atoms with Crippen LogP contribution in [-0.4, -0.2) is 14.5 Å². The highest BCUT2D eigenvalue weighted by molar-refractivity contribution is 5.67. The summed E-state index contributed by atoms with van der Waals surface area (Å²) in [5, 5.41) is 9.26. The lowest BCUT2D eigenvalue weighted by Crippen LogP contribution is -2.10. The van der Waals surface area contributed by atoms with Crippen molar-refractivity contribution in [3.8, 4) is 11.3 Å². The summed E-state index contributed by atoms with van der Waals surface area (Å²) >= 11 is 0. The number of imidazole rings is 1. The van der Waals surface area contributed by atoms with Gasteiger partial charge in [0, 0.05) is 17.5 Å². The molecule has 0 aliphatic carbocycles. The Hall–Kier alpha value is -2.13. The molecule has 0 bridgehead atoms. The second-order valence-corrected chi connectivity index (χ2v) is 6.79. The number of hydrogen-bond acceptors (Lipinski definition) is 2. The van der Waals surface area contributed by atoms with Gasteiger partial charge < -0.3 is 9.51 Å². The van der Waals surface area contributed by atoms with E-state index in [9.17, 15) is 5.11 Å². The van der Waals surface area contributed by atoms with Gasteiger partial charge in [-0.05, 0) is 35.6 Å². The van der Waals surface area contributed by atoms with E-state index in [1.165, 1.54) is 5.56 Å². The standard InChI is InChI=1S/C19H22N2O/c1-13-18(15-5-7-16(8-6-15)19(2,3)4)20-17-11-14(12-22)9-10-21(13)17/h5-11,22H,12H2,1-4H3. The van der Waals surface area contributed by atoms with Crippen LogP contribution < -0.4 is 0 Å². The van der Waals surface area contributed by atoms with Crippen molar-refractivity contribution in [1.82, 2.24) is 9.38 Å². The molecule has 1 N–H and O–H groups in total. The van der Waals surface area contributed by atoms with Gasteiger partial charge in [0.25, 0.3) is 0 Å². The predicted octanol–water partition coefficient (Wildman–Crippen LogP) is 4.10. The maximum atomic E-state index is 9.26. The molecule has 114 valence electrons. The second kappa shape index (κ2) is 5.25. The molecule has 0 unspecified atom stereocenters. The molecule has 0 spiro atoms. The minimum absolute atomic E-state index is 0.0397. The Labute approximate surface area is 131 Å². The largest absolute Gasteiger partial charge is 0.392 e. The Balaban J connectivity index is 2.08. The Bertz CT molecular complexity index is 808. The van der Waals surface area contributed by atoms with Gasteiger partial charge in [-0.2, -0.15) is 0 Å². The molecule has 3 aromatic rings. The van der Waals surface area contributed by atoms with Crippen molar-refractivity contribution in [2.45, 2.75) is 39.7 Å². The van der Waals surface area contributed by atoms with E-state index in [-0.39, 0.29) is 12.0 Å². The number of hydrogen-bond donors (Lipinski definition) is 1. The number of benzene rings is 1. The van der Waals surface area contributed by atoms with E-state index < -0.39 is 0 Å². The molecule has 1 aromatic carbocycles. The number of nitrogens with zero attached hydrogens (tertiary/aromatic N) is 2. The number of aryl methyl sites for hydroxylation is 1. The lowest BCUT2D eigenvalue weighted by Gasteiger charge is -2.19. The van der Waals surface area contributed by atoms with E-state index >= 15 is 0 Å². The molecule has 0 fully saturated rings. The lowest BCUT2D eigenvalue weighted by atomic mass is 9.86. The highest BCUT2D eigenvalue weighted by atomic mass is 16.3. The summed E-state index contributed by atoms with van der Waals surface area (Å²) in [4.78, 5) is 4.73. The summed E-state index contributed by atoms with van der Waals surface area (Å²) in [6, 6.07) is 12.5. The first-order chi connectivity index (χ1) is 10.4. The Morgan fingerprint density at radius 3 is 2.36 bits per heavy atom. The van der Waals surface area contributed by atoms with Crippen LogP contribution in [0, 0.1) is 6.92 Å². The summed E-state index contributed by atoms with van der Waals surface area (Å²) in [5.41, 5.74) is 6.47. The molecular formula is C19H22N2O. The van der Waals surface area contributed by atoms with Gasteiger partial charge >= 0.3 is 0 Å². The van der Waals surface area contributed by atoms with Crippen LogP contribution in [0.1, 0.15) is 37.6 Å². The minimum Gasteiger partial charge on any atom is -0.392 e. The number of rotatable bonds is 2. The Morgan fingerprint density at radius 2 is 1.77 bits per heavy atom. The van der Waals surface area contributed by atoms with Crippen molar-refractivity contribution >= 4 is 5.65 Å². The van der Waals surface area contributed by atoms with Gasteiger partial charge in [0.1, 0.15) is 5.65 Å². The predicted molar refractivity (Wildman–Crippen MR) is 90.0 cm³/mol. The molecule has 3 nitrogen and oxygen atoms in total. The summed E-state index contributed by atoms with van der Waals surface area (Å²) in [7, 11) is 0. The maximum absolute atomic E-state index is 9.26. The smallest absolute Gasteiger partial charge is 0.138 e. The van der Waals surface area contributed by atoms with Crippen LogP contribution in [0.4, 0.5) is 0 Å². The fourth-order valence-electron chi connectivity index (χ4n) is 2.71. The van der Waals surface area contributed by atoms with Crippen LogP contribution in [0.25, 0.3) is 16.9 Å². The number of aromatic nitrogens is 2. The first-order valence-corrected chi connectivity index (χ1v) is 7.59. The van der Waals surface area contributed by atoms with Crippen molar-refractivity contribution in [3.63, 3.8) is 0 Å². The highest BCUT2D eigenvalue weighted by Gasteiger charge is 2.15. The topological polar surface area (TPSA) is 37.5 Å². The van der Waals surface area contributed by atoms with Crippen molar-refractivity contribution in [2.75, 3.05) is 0 Å². The first-order valence-electron chi connectivity index (χ1n) is 7.59. The first kappa shape index (κ1) is 14.8. The van der Waals surface area contributed by atoms with Crippen molar-refractivity contribution in [3.05, 3.63) is 59.4 Å². The molecule has 22 heavy (non-hydrogen) atoms. The van der Waals surface area contributed by atoms with E-state index in [0.29, 0.717) is 0 Å². The summed E-state index contributed by atoms with van der Waals surface area (Å²) in [6.45, 7) is 8.77. The third-order valence-corrected chi connectivity index (χ3v) is 4.14. The van der Waals surface area contributed by atoms with Gasteiger partial charge in [-0.3, -0.25) is 0 Å². The SMILES string of the molecule is Cc1c(-c2ccc(C(C)(C)C)cc2)nc2cc(CO)ccn12. The number of pyridine rings is 1. The van der Waals surface area contributed by atoms with Crippen LogP contribution >= 0.6 is 0 Å². The molecular weight excluding hydrogens is 272 g/mol. The maximum Gasteiger partial charge on any atom is 0.138 e. The van der Waals surface area contributed by atoms with Crippen molar-refractivity contribution < 1.29 is 5.11 Å². The van der Waals surface area contributed by atoms with Crippen LogP contribution in [0.3, 0.4) is 0 Å². The summed E-state index contributed by atoms with van der Waals surface area (Å²) in [6.07, 6.45) is 1.97. The molecule has 2 heterocycles. The molecule has 0 aliphatic rings. The van der Waals surface area contributed by atoms with Gasteiger partial charge in [-0.25, -0.2) is 4.98 Å². The molecule has 0 atom stereocenters. The molecule has 0 saturated heterocycles. The van der Waals surface area contributed by atoms with E-state index in [2.05, 4.69) is 56.4 Å². The van der Waals surface area contributed by atoms with Gasteiger partial charge in [-0.15, -0.1) is 0 Å². The zero-order valence-corrected chi connectivity index (χ0v) is 13.6. The van der Waals surface area contributed by atoms with Gasteiger partial charge in [0.15, 0.2) is 0 Å². The molecule has 2 aromatic heterocycles. The highest BCUT2D eigenvalue weighted by Crippen LogP contribution is 2.28. The monoisotopic (exact) mass is 294 g/mol. The third kappa shape index (κ3) is 2.53. The normalized spacial score (nSPS) is 12.0. The fourth-order valence-corrected chi connectivity index (χ4v) is 2.71. The Kier molecular flexibility index (Phi) is 3.53. The van der Waals surface area contributed by atoms with Gasteiger partial charge in [0.2, 0.25) is 0 Å². The van der Waals surface area contributed by atoms with Crippen LogP contribution in [0.15, 0.2) is 42.6 Å².